The average Bonchev–Trinajstić information content (AvgIpc) is 2.89. The third-order valence-corrected chi connectivity index (χ3v) is 3.72. The van der Waals surface area contributed by atoms with Crippen LogP contribution in [0, 0.1) is 11.3 Å². The maximum atomic E-state index is 12.3. The molecule has 0 amide bonds. The van der Waals surface area contributed by atoms with Gasteiger partial charge in [0.1, 0.15) is 6.07 Å². The van der Waals surface area contributed by atoms with Gasteiger partial charge in [0.05, 0.1) is 10.2 Å². The molecule has 4 heteroatoms. The Balaban J connectivity index is 2.06. The second-order valence-corrected chi connectivity index (χ2v) is 5.04. The largest absolute Gasteiger partial charge is 0.289 e. The predicted molar refractivity (Wildman–Crippen MR) is 74.2 cm³/mol. The molecule has 0 aliphatic rings. The van der Waals surface area contributed by atoms with Gasteiger partial charge in [-0.1, -0.05) is 30.3 Å². The van der Waals surface area contributed by atoms with Crippen molar-refractivity contribution in [3.05, 3.63) is 64.7 Å². The van der Waals surface area contributed by atoms with E-state index in [2.05, 4.69) is 4.98 Å². The molecule has 0 unspecified atom stereocenters. The van der Waals surface area contributed by atoms with Crippen LogP contribution in [0.3, 0.4) is 0 Å². The van der Waals surface area contributed by atoms with Crippen LogP contribution in [0.4, 0.5) is 0 Å². The summed E-state index contributed by atoms with van der Waals surface area (Å²) in [4.78, 5) is 16.5. The quantitative estimate of drug-likeness (QED) is 0.666. The van der Waals surface area contributed by atoms with Crippen molar-refractivity contribution in [3.63, 3.8) is 0 Å². The SMILES string of the molecule is N#Cc1nc2cc(C(=O)c3ccccc3)ccc2s1. The van der Waals surface area contributed by atoms with Crippen LogP contribution in [0.15, 0.2) is 48.5 Å². The standard InChI is InChI=1S/C15H8N2OS/c16-9-14-17-12-8-11(6-7-13(12)19-14)15(18)10-4-2-1-3-5-10/h1-8H. The molecule has 0 N–H and O–H groups in total. The van der Waals surface area contributed by atoms with Crippen molar-refractivity contribution in [1.82, 2.24) is 4.98 Å². The topological polar surface area (TPSA) is 53.8 Å². The van der Waals surface area contributed by atoms with Crippen LogP contribution in [0.1, 0.15) is 20.9 Å². The summed E-state index contributed by atoms with van der Waals surface area (Å²) in [5.74, 6) is -0.0333. The summed E-state index contributed by atoms with van der Waals surface area (Å²) in [6.07, 6.45) is 0. The Morgan fingerprint density at radius 1 is 1.11 bits per heavy atom. The summed E-state index contributed by atoms with van der Waals surface area (Å²) in [7, 11) is 0. The van der Waals surface area contributed by atoms with Crippen molar-refractivity contribution < 1.29 is 4.79 Å². The lowest BCUT2D eigenvalue weighted by molar-refractivity contribution is 0.103. The molecule has 0 bridgehead atoms. The van der Waals surface area contributed by atoms with Gasteiger partial charge in [-0.15, -0.1) is 11.3 Å². The highest BCUT2D eigenvalue weighted by molar-refractivity contribution is 7.19. The minimum atomic E-state index is -0.0333. The zero-order chi connectivity index (χ0) is 13.2. The molecule has 0 aliphatic carbocycles. The second-order valence-electron chi connectivity index (χ2n) is 4.01. The molecular formula is C15H8N2OS. The number of carbonyl (C=O) groups excluding carboxylic acids is 1. The lowest BCUT2D eigenvalue weighted by atomic mass is 10.0. The highest BCUT2D eigenvalue weighted by atomic mass is 32.1. The number of nitriles is 1. The van der Waals surface area contributed by atoms with Crippen molar-refractivity contribution in [2.24, 2.45) is 0 Å². The summed E-state index contributed by atoms with van der Waals surface area (Å²) >= 11 is 1.33. The number of hydrogen-bond donors (Lipinski definition) is 0. The highest BCUT2D eigenvalue weighted by Gasteiger charge is 2.11. The molecule has 1 heterocycles. The monoisotopic (exact) mass is 264 g/mol. The van der Waals surface area contributed by atoms with E-state index in [0.717, 1.165) is 4.70 Å². The number of ketones is 1. The zero-order valence-corrected chi connectivity index (χ0v) is 10.6. The Morgan fingerprint density at radius 2 is 1.89 bits per heavy atom. The van der Waals surface area contributed by atoms with Crippen molar-refractivity contribution in [1.29, 1.82) is 5.26 Å². The summed E-state index contributed by atoms with van der Waals surface area (Å²) < 4.78 is 0.918. The number of fused-ring (bicyclic) bond motifs is 1. The van der Waals surface area contributed by atoms with Crippen LogP contribution in [0.2, 0.25) is 0 Å². The number of rotatable bonds is 2. The molecule has 0 aliphatic heterocycles. The van der Waals surface area contributed by atoms with E-state index in [0.29, 0.717) is 21.7 Å². The van der Waals surface area contributed by atoms with E-state index >= 15 is 0 Å². The van der Waals surface area contributed by atoms with E-state index in [1.807, 2.05) is 30.3 Å². The Bertz CT molecular complexity index is 800. The van der Waals surface area contributed by atoms with Crippen molar-refractivity contribution in [2.75, 3.05) is 0 Å². The number of benzene rings is 2. The van der Waals surface area contributed by atoms with E-state index < -0.39 is 0 Å². The van der Waals surface area contributed by atoms with E-state index in [1.165, 1.54) is 11.3 Å². The fourth-order valence-electron chi connectivity index (χ4n) is 1.87. The van der Waals surface area contributed by atoms with Gasteiger partial charge in [0.15, 0.2) is 10.8 Å². The minimum absolute atomic E-state index is 0.0333. The lowest BCUT2D eigenvalue weighted by Crippen LogP contribution is -2.00. The smallest absolute Gasteiger partial charge is 0.195 e. The molecule has 3 rings (SSSR count). The first-order chi connectivity index (χ1) is 9.28. The van der Waals surface area contributed by atoms with Gasteiger partial charge in [-0.25, -0.2) is 4.98 Å². The molecular weight excluding hydrogens is 256 g/mol. The number of aromatic nitrogens is 1. The maximum Gasteiger partial charge on any atom is 0.195 e. The molecule has 19 heavy (non-hydrogen) atoms. The molecule has 0 atom stereocenters. The molecule has 3 aromatic rings. The van der Waals surface area contributed by atoms with Crippen molar-refractivity contribution in [2.45, 2.75) is 0 Å². The Labute approximate surface area is 113 Å². The maximum absolute atomic E-state index is 12.3. The molecule has 0 saturated carbocycles. The van der Waals surface area contributed by atoms with Gasteiger partial charge >= 0.3 is 0 Å². The van der Waals surface area contributed by atoms with Gasteiger partial charge in [-0.3, -0.25) is 4.79 Å². The third kappa shape index (κ3) is 2.12. The van der Waals surface area contributed by atoms with E-state index in [-0.39, 0.29) is 5.78 Å². The first-order valence-corrected chi connectivity index (χ1v) is 6.50. The first-order valence-electron chi connectivity index (χ1n) is 5.68. The second kappa shape index (κ2) is 4.63. The summed E-state index contributed by atoms with van der Waals surface area (Å²) in [6.45, 7) is 0. The number of nitrogens with zero attached hydrogens (tertiary/aromatic N) is 2. The summed E-state index contributed by atoms with van der Waals surface area (Å²) in [6, 6.07) is 16.5. The van der Waals surface area contributed by atoms with Crippen LogP contribution in [0.25, 0.3) is 10.2 Å². The van der Waals surface area contributed by atoms with E-state index in [1.54, 1.807) is 24.3 Å². The fourth-order valence-corrected chi connectivity index (χ4v) is 2.62. The van der Waals surface area contributed by atoms with Crippen molar-refractivity contribution >= 4 is 27.3 Å². The lowest BCUT2D eigenvalue weighted by Gasteiger charge is -2.00. The van der Waals surface area contributed by atoms with E-state index in [4.69, 9.17) is 5.26 Å². The van der Waals surface area contributed by atoms with Gasteiger partial charge in [0.25, 0.3) is 0 Å². The molecule has 2 aromatic carbocycles. The van der Waals surface area contributed by atoms with Gasteiger partial charge in [0.2, 0.25) is 0 Å². The van der Waals surface area contributed by atoms with Crippen LogP contribution in [0.5, 0.6) is 0 Å². The number of thiazole rings is 1. The normalized spacial score (nSPS) is 10.3. The van der Waals surface area contributed by atoms with Crippen LogP contribution < -0.4 is 0 Å². The number of hydrogen-bond acceptors (Lipinski definition) is 4. The van der Waals surface area contributed by atoms with Gasteiger partial charge in [-0.2, -0.15) is 5.26 Å². The zero-order valence-electron chi connectivity index (χ0n) is 9.83. The summed E-state index contributed by atoms with van der Waals surface area (Å²) in [5.41, 5.74) is 1.94. The molecule has 90 valence electrons. The van der Waals surface area contributed by atoms with Crippen LogP contribution >= 0.6 is 11.3 Å². The van der Waals surface area contributed by atoms with Gasteiger partial charge in [-0.05, 0) is 18.2 Å². The third-order valence-electron chi connectivity index (χ3n) is 2.78. The molecule has 1 aromatic heterocycles. The molecule has 3 nitrogen and oxygen atoms in total. The highest BCUT2D eigenvalue weighted by Crippen LogP contribution is 2.23. The fraction of sp³-hybridized carbons (Fsp3) is 0. The Morgan fingerprint density at radius 3 is 2.63 bits per heavy atom. The Hall–Kier alpha value is -2.51. The number of carbonyl (C=O) groups is 1. The van der Waals surface area contributed by atoms with Crippen molar-refractivity contribution in [3.8, 4) is 6.07 Å². The minimum Gasteiger partial charge on any atom is -0.289 e. The van der Waals surface area contributed by atoms with Crippen LogP contribution in [-0.2, 0) is 0 Å². The molecule has 0 radical (unpaired) electrons. The average molecular weight is 264 g/mol. The predicted octanol–water partition coefficient (Wildman–Crippen LogP) is 3.40. The molecule has 0 fully saturated rings. The van der Waals surface area contributed by atoms with E-state index in [9.17, 15) is 4.79 Å². The van der Waals surface area contributed by atoms with Crippen LogP contribution in [-0.4, -0.2) is 10.8 Å². The molecule has 0 saturated heterocycles. The van der Waals surface area contributed by atoms with Gasteiger partial charge < -0.3 is 0 Å². The first kappa shape index (κ1) is 11.6. The Kier molecular flexibility index (Phi) is 2.82. The van der Waals surface area contributed by atoms with Gasteiger partial charge in [0, 0.05) is 11.1 Å². The molecule has 0 spiro atoms. The summed E-state index contributed by atoms with van der Waals surface area (Å²) in [5, 5.41) is 9.24.